The lowest BCUT2D eigenvalue weighted by molar-refractivity contribution is 0.512. The quantitative estimate of drug-likeness (QED) is 0.291. The van der Waals surface area contributed by atoms with E-state index in [2.05, 4.69) is 43.0 Å². The van der Waals surface area contributed by atoms with Crippen LogP contribution in [-0.4, -0.2) is 49.1 Å². The van der Waals surface area contributed by atoms with Crippen molar-refractivity contribution in [2.75, 3.05) is 0 Å². The van der Waals surface area contributed by atoms with E-state index in [1.807, 2.05) is 52.9 Å². The van der Waals surface area contributed by atoms with Gasteiger partial charge < -0.3 is 8.83 Å². The third-order valence-corrected chi connectivity index (χ3v) is 8.04. The van der Waals surface area contributed by atoms with E-state index in [0.717, 1.165) is 54.9 Å². The van der Waals surface area contributed by atoms with Crippen LogP contribution < -0.4 is 5.48 Å². The Morgan fingerprint density at radius 2 is 1.20 bits per heavy atom. The van der Waals surface area contributed by atoms with Crippen LogP contribution in [0.2, 0.25) is 0 Å². The maximum absolute atomic E-state index is 5.83. The van der Waals surface area contributed by atoms with Crippen molar-refractivity contribution >= 4 is 60.5 Å². The third-order valence-electron chi connectivity index (χ3n) is 8.04. The van der Waals surface area contributed by atoms with Crippen LogP contribution in [0.1, 0.15) is 11.8 Å². The Bertz CT molecular complexity index is 2730. The van der Waals surface area contributed by atoms with Gasteiger partial charge in [-0.25, -0.2) is 15.0 Å². The summed E-state index contributed by atoms with van der Waals surface area (Å²) in [6.45, 7) is 0. The molecule has 0 amide bonds. The summed E-state index contributed by atoms with van der Waals surface area (Å²) >= 11 is 0. The van der Waals surface area contributed by atoms with Crippen molar-refractivity contribution in [3.8, 4) is 11.3 Å². The summed E-state index contributed by atoms with van der Waals surface area (Å²) in [4.78, 5) is 19.8. The molecule has 0 fully saturated rings. The zero-order valence-corrected chi connectivity index (χ0v) is 22.5. The molecule has 10 aromatic rings. The van der Waals surface area contributed by atoms with Gasteiger partial charge >= 0.3 is 0 Å². The van der Waals surface area contributed by atoms with Crippen LogP contribution in [0, 0.1) is 0 Å². The van der Waals surface area contributed by atoms with Crippen LogP contribution >= 0.6 is 0 Å². The Morgan fingerprint density at radius 1 is 0.591 bits per heavy atom. The minimum Gasteiger partial charge on any atom is -0.423 e. The second-order valence-electron chi connectivity index (χ2n) is 10.3. The standard InChI is InChI=1S/C32H16N10O2/c1-2-6-17(7-3-1)22-14-35-29-25(38-22)21-11-5-9-19-18-8-4-10-20-24-28(34-13-12-33-24)41(26(18)20)32(42(29)27(19)21)23(30-39-36-15-43-30)31-40-37-16-44-31/h1-16H. The van der Waals surface area contributed by atoms with E-state index in [-0.39, 0.29) is 11.8 Å². The number of benzene rings is 3. The number of fused-ring (bicyclic) bond motifs is 7. The van der Waals surface area contributed by atoms with Gasteiger partial charge in [0.2, 0.25) is 12.8 Å². The van der Waals surface area contributed by atoms with E-state index in [1.54, 1.807) is 18.6 Å². The summed E-state index contributed by atoms with van der Waals surface area (Å²) in [5, 5.41) is 20.4. The first-order valence-corrected chi connectivity index (χ1v) is 13.7. The van der Waals surface area contributed by atoms with Crippen molar-refractivity contribution in [2.24, 2.45) is 0 Å². The Labute approximate surface area is 245 Å². The number of rotatable bonds is 3. The molecule has 0 aliphatic heterocycles. The smallest absolute Gasteiger partial charge is 0.256 e. The minimum atomic E-state index is 0.184. The van der Waals surface area contributed by atoms with Crippen molar-refractivity contribution < 1.29 is 8.83 Å². The number of para-hydroxylation sites is 2. The SMILES string of the molecule is c1ccc(-c2cnc3c(n2)c2cccc4c5cccc6c7nccnc7n(c(=C(c7nnco7)c7nnco7)n3c42)c56)cc1. The third kappa shape index (κ3) is 2.95. The van der Waals surface area contributed by atoms with Crippen molar-refractivity contribution in [1.82, 2.24) is 49.1 Å². The predicted molar refractivity (Wildman–Crippen MR) is 160 cm³/mol. The average Bonchev–Trinajstić information content (AvgIpc) is 3.89. The maximum Gasteiger partial charge on any atom is 0.256 e. The molecule has 0 spiro atoms. The van der Waals surface area contributed by atoms with Gasteiger partial charge in [0.25, 0.3) is 11.8 Å². The van der Waals surface area contributed by atoms with Crippen molar-refractivity contribution in [1.29, 1.82) is 0 Å². The van der Waals surface area contributed by atoms with Gasteiger partial charge in [0, 0.05) is 39.5 Å². The number of aromatic nitrogens is 10. The summed E-state index contributed by atoms with van der Waals surface area (Å²) < 4.78 is 15.8. The van der Waals surface area contributed by atoms with Crippen LogP contribution in [0.5, 0.6) is 0 Å². The molecule has 0 N–H and O–H groups in total. The number of hydrogen-bond acceptors (Lipinski definition) is 10. The highest BCUT2D eigenvalue weighted by molar-refractivity contribution is 6.22. The van der Waals surface area contributed by atoms with Crippen molar-refractivity contribution in [2.45, 2.75) is 0 Å². The van der Waals surface area contributed by atoms with E-state index in [9.17, 15) is 0 Å². The van der Waals surface area contributed by atoms with Crippen molar-refractivity contribution in [3.63, 3.8) is 0 Å². The summed E-state index contributed by atoms with van der Waals surface area (Å²) in [5.41, 5.74) is 7.21. The van der Waals surface area contributed by atoms with Gasteiger partial charge in [0.05, 0.1) is 22.9 Å². The molecule has 0 bridgehead atoms. The Morgan fingerprint density at radius 3 is 1.86 bits per heavy atom. The van der Waals surface area contributed by atoms with Gasteiger partial charge in [-0.05, 0) is 0 Å². The molecule has 12 nitrogen and oxygen atoms in total. The molecule has 206 valence electrons. The first-order valence-electron chi connectivity index (χ1n) is 13.7. The van der Waals surface area contributed by atoms with Gasteiger partial charge in [0.1, 0.15) is 22.1 Å². The van der Waals surface area contributed by atoms with Crippen molar-refractivity contribution in [3.05, 3.63) is 115 Å². The molecule has 0 aliphatic rings. The fourth-order valence-electron chi connectivity index (χ4n) is 6.34. The Hall–Kier alpha value is -6.56. The highest BCUT2D eigenvalue weighted by Gasteiger charge is 2.26. The zero-order valence-electron chi connectivity index (χ0n) is 22.5. The van der Waals surface area contributed by atoms with E-state index in [0.29, 0.717) is 22.3 Å². The second kappa shape index (κ2) is 8.49. The van der Waals surface area contributed by atoms with Gasteiger partial charge in [-0.15, -0.1) is 20.4 Å². The molecule has 44 heavy (non-hydrogen) atoms. The fourth-order valence-corrected chi connectivity index (χ4v) is 6.34. The largest absolute Gasteiger partial charge is 0.423 e. The Kier molecular flexibility index (Phi) is 4.45. The highest BCUT2D eigenvalue weighted by Crippen LogP contribution is 2.37. The number of nitrogens with zero attached hydrogens (tertiary/aromatic N) is 10. The maximum atomic E-state index is 5.83. The van der Waals surface area contributed by atoms with E-state index < -0.39 is 0 Å². The lowest BCUT2D eigenvalue weighted by Gasteiger charge is -2.05. The van der Waals surface area contributed by atoms with Gasteiger partial charge in [-0.3, -0.25) is 13.8 Å². The molecule has 0 unspecified atom stereocenters. The fraction of sp³-hybridized carbons (Fsp3) is 0. The van der Waals surface area contributed by atoms with Crippen LogP contribution in [0.3, 0.4) is 0 Å². The molecular formula is C32H16N10O2. The molecule has 0 saturated carbocycles. The summed E-state index contributed by atoms with van der Waals surface area (Å²) in [6.07, 6.45) is 7.69. The number of hydrogen-bond donors (Lipinski definition) is 0. The lowest BCUT2D eigenvalue weighted by atomic mass is 10.1. The van der Waals surface area contributed by atoms with Crippen LogP contribution in [0.15, 0.2) is 107 Å². The topological polar surface area (TPSA) is 138 Å². The summed E-state index contributed by atoms with van der Waals surface area (Å²) in [7, 11) is 0. The molecule has 10 rings (SSSR count). The Balaban J connectivity index is 1.60. The first-order chi connectivity index (χ1) is 21.9. The normalized spacial score (nSPS) is 12.1. The average molecular weight is 573 g/mol. The van der Waals surface area contributed by atoms with Gasteiger partial charge in [0.15, 0.2) is 11.3 Å². The summed E-state index contributed by atoms with van der Waals surface area (Å²) in [5.74, 6) is 0.368. The monoisotopic (exact) mass is 572 g/mol. The van der Waals surface area contributed by atoms with Crippen LogP contribution in [-0.2, 0) is 0 Å². The lowest BCUT2D eigenvalue weighted by Crippen LogP contribution is -2.25. The second-order valence-corrected chi connectivity index (χ2v) is 10.3. The molecule has 0 radical (unpaired) electrons. The van der Waals surface area contributed by atoms with E-state index in [1.165, 1.54) is 12.8 Å². The van der Waals surface area contributed by atoms with Gasteiger partial charge in [-0.2, -0.15) is 0 Å². The predicted octanol–water partition coefficient (Wildman–Crippen LogP) is 4.78. The molecule has 7 heterocycles. The van der Waals surface area contributed by atoms with Gasteiger partial charge in [-0.1, -0.05) is 66.7 Å². The van der Waals surface area contributed by atoms with Crippen LogP contribution in [0.4, 0.5) is 0 Å². The first kappa shape index (κ1) is 23.1. The van der Waals surface area contributed by atoms with Crippen LogP contribution in [0.25, 0.3) is 71.7 Å². The highest BCUT2D eigenvalue weighted by atomic mass is 16.4. The zero-order chi connectivity index (χ0) is 28.8. The molecule has 0 atom stereocenters. The molecular weight excluding hydrogens is 556 g/mol. The molecule has 0 aliphatic carbocycles. The van der Waals surface area contributed by atoms with E-state index >= 15 is 0 Å². The van der Waals surface area contributed by atoms with E-state index in [4.69, 9.17) is 28.8 Å². The molecule has 7 aromatic heterocycles. The molecule has 3 aromatic carbocycles. The summed E-state index contributed by atoms with van der Waals surface area (Å²) in [6, 6.07) is 22.4. The molecule has 12 heteroatoms. The minimum absolute atomic E-state index is 0.184. The molecule has 0 saturated heterocycles.